The molecule has 0 saturated heterocycles. The number of benzene rings is 1. The van der Waals surface area contributed by atoms with E-state index in [0.29, 0.717) is 5.69 Å². The Kier molecular flexibility index (Phi) is 3.23. The average Bonchev–Trinajstić information content (AvgIpc) is 3.03. The van der Waals surface area contributed by atoms with Crippen molar-refractivity contribution in [3.05, 3.63) is 59.0 Å². The van der Waals surface area contributed by atoms with Crippen molar-refractivity contribution in [2.24, 2.45) is 0 Å². The molecule has 2 aromatic heterocycles. The maximum Gasteiger partial charge on any atom is 0.189 e. The van der Waals surface area contributed by atoms with Gasteiger partial charge in [-0.1, -0.05) is 6.07 Å². The highest BCUT2D eigenvalue weighted by molar-refractivity contribution is 5.79. The molecule has 5 heteroatoms. The van der Waals surface area contributed by atoms with Crippen LogP contribution in [0.15, 0.2) is 30.3 Å². The molecule has 0 radical (unpaired) electrons. The Morgan fingerprint density at radius 3 is 3.00 bits per heavy atom. The van der Waals surface area contributed by atoms with Crippen molar-refractivity contribution in [2.45, 2.75) is 25.7 Å². The van der Waals surface area contributed by atoms with Crippen LogP contribution in [0.3, 0.4) is 0 Å². The van der Waals surface area contributed by atoms with E-state index in [9.17, 15) is 0 Å². The monoisotopic (exact) mass is 303 g/mol. The van der Waals surface area contributed by atoms with Gasteiger partial charge < -0.3 is 10.3 Å². The minimum atomic E-state index is 0.0889. The molecule has 1 unspecified atom stereocenters. The van der Waals surface area contributed by atoms with E-state index in [1.165, 1.54) is 0 Å². The molecule has 0 fully saturated rings. The van der Waals surface area contributed by atoms with Gasteiger partial charge in [0.2, 0.25) is 0 Å². The van der Waals surface area contributed by atoms with Crippen molar-refractivity contribution in [2.75, 3.05) is 11.9 Å². The number of fused-ring (bicyclic) bond motifs is 2. The van der Waals surface area contributed by atoms with E-state index in [-0.39, 0.29) is 5.92 Å². The second-order valence-corrected chi connectivity index (χ2v) is 5.92. The van der Waals surface area contributed by atoms with Gasteiger partial charge in [0.25, 0.3) is 0 Å². The zero-order valence-electron chi connectivity index (χ0n) is 12.9. The summed E-state index contributed by atoms with van der Waals surface area (Å²) in [5.74, 6) is 0.976. The van der Waals surface area contributed by atoms with Gasteiger partial charge in [-0.2, -0.15) is 0 Å². The number of imidazole rings is 1. The van der Waals surface area contributed by atoms with Crippen molar-refractivity contribution in [1.29, 1.82) is 0 Å². The second-order valence-electron chi connectivity index (χ2n) is 5.92. The van der Waals surface area contributed by atoms with Crippen LogP contribution in [-0.4, -0.2) is 21.5 Å². The smallest absolute Gasteiger partial charge is 0.189 e. The first-order valence-electron chi connectivity index (χ1n) is 7.85. The number of hydrogen-bond acceptors (Lipinski definition) is 3. The van der Waals surface area contributed by atoms with Crippen molar-refractivity contribution < 1.29 is 0 Å². The number of aryl methyl sites for hydroxylation is 1. The highest BCUT2D eigenvalue weighted by Crippen LogP contribution is 2.28. The minimum Gasteiger partial charge on any atom is -0.384 e. The van der Waals surface area contributed by atoms with Crippen LogP contribution in [0, 0.1) is 6.57 Å². The van der Waals surface area contributed by atoms with Gasteiger partial charge in [0.1, 0.15) is 5.82 Å². The molecular weight excluding hydrogens is 286 g/mol. The first-order valence-corrected chi connectivity index (χ1v) is 7.85. The Morgan fingerprint density at radius 1 is 1.22 bits per heavy atom. The Bertz CT molecular complexity index is 919. The molecule has 23 heavy (non-hydrogen) atoms. The summed E-state index contributed by atoms with van der Waals surface area (Å²) in [6.45, 7) is 10.2. The van der Waals surface area contributed by atoms with Gasteiger partial charge in [0.15, 0.2) is 5.69 Å². The van der Waals surface area contributed by atoms with Crippen LogP contribution in [0.4, 0.5) is 11.4 Å². The maximum atomic E-state index is 7.11. The zero-order valence-corrected chi connectivity index (χ0v) is 12.9. The molecule has 0 amide bonds. The normalized spacial score (nSPS) is 14.8. The molecule has 0 saturated carbocycles. The van der Waals surface area contributed by atoms with Crippen LogP contribution in [0.2, 0.25) is 0 Å². The lowest BCUT2D eigenvalue weighted by molar-refractivity contribution is 0.759. The molecule has 0 aliphatic carbocycles. The number of nitrogens with one attached hydrogen (secondary N) is 2. The summed E-state index contributed by atoms with van der Waals surface area (Å²) in [7, 11) is 0. The lowest BCUT2D eigenvalue weighted by Crippen LogP contribution is -2.14. The number of nitrogens with zero attached hydrogens (tertiary/aromatic N) is 3. The molecule has 3 aromatic rings. The quantitative estimate of drug-likeness (QED) is 0.703. The fourth-order valence-corrected chi connectivity index (χ4v) is 3.02. The number of rotatable bonds is 2. The third kappa shape index (κ3) is 2.42. The van der Waals surface area contributed by atoms with Crippen molar-refractivity contribution in [3.63, 3.8) is 0 Å². The molecule has 5 nitrogen and oxygen atoms in total. The molecule has 2 N–H and O–H groups in total. The van der Waals surface area contributed by atoms with E-state index >= 15 is 0 Å². The second kappa shape index (κ2) is 5.40. The molecule has 1 atom stereocenters. The first-order chi connectivity index (χ1) is 11.2. The van der Waals surface area contributed by atoms with Crippen LogP contribution in [-0.2, 0) is 6.42 Å². The van der Waals surface area contributed by atoms with Crippen LogP contribution in [0.5, 0.6) is 0 Å². The zero-order chi connectivity index (χ0) is 15.8. The van der Waals surface area contributed by atoms with E-state index in [2.05, 4.69) is 39.2 Å². The van der Waals surface area contributed by atoms with Gasteiger partial charge in [-0.05, 0) is 44.0 Å². The summed E-state index contributed by atoms with van der Waals surface area (Å²) >= 11 is 0. The lowest BCUT2D eigenvalue weighted by atomic mass is 10.0. The molecule has 1 aliphatic heterocycles. The molecule has 114 valence electrons. The van der Waals surface area contributed by atoms with Gasteiger partial charge >= 0.3 is 0 Å². The summed E-state index contributed by atoms with van der Waals surface area (Å²) in [6.07, 6.45) is 2.15. The first kappa shape index (κ1) is 13.8. The van der Waals surface area contributed by atoms with Crippen LogP contribution < -0.4 is 5.32 Å². The van der Waals surface area contributed by atoms with Gasteiger partial charge in [0, 0.05) is 6.54 Å². The fourth-order valence-electron chi connectivity index (χ4n) is 3.02. The molecule has 4 rings (SSSR count). The molecule has 0 spiro atoms. The Balaban J connectivity index is 1.71. The van der Waals surface area contributed by atoms with Gasteiger partial charge in [0.05, 0.1) is 40.6 Å². The van der Waals surface area contributed by atoms with E-state index in [0.717, 1.165) is 53.3 Å². The standard InChI is InChI=1S/C18H17N5/c1-11(13-7-8-14-15(21-13)4-3-9-20-14)18-22-16-6-5-12(19-2)10-17(16)23-18/h5-8,10-11,20H,3-4,9H2,1H3,(H,22,23). The number of anilines is 1. The third-order valence-corrected chi connectivity index (χ3v) is 4.37. The van der Waals surface area contributed by atoms with Crippen molar-refractivity contribution in [1.82, 2.24) is 15.0 Å². The van der Waals surface area contributed by atoms with Crippen molar-refractivity contribution >= 4 is 22.4 Å². The van der Waals surface area contributed by atoms with E-state index in [1.807, 2.05) is 12.1 Å². The van der Waals surface area contributed by atoms with Gasteiger partial charge in [-0.3, -0.25) is 4.98 Å². The number of aromatic amines is 1. The molecule has 3 heterocycles. The minimum absolute atomic E-state index is 0.0889. The van der Waals surface area contributed by atoms with Gasteiger partial charge in [-0.25, -0.2) is 9.83 Å². The number of aromatic nitrogens is 3. The summed E-state index contributed by atoms with van der Waals surface area (Å²) in [5, 5.41) is 3.39. The Labute approximate surface area is 134 Å². The summed E-state index contributed by atoms with van der Waals surface area (Å²) in [5.41, 5.74) is 5.74. The molecular formula is C18H17N5. The molecule has 1 aromatic carbocycles. The maximum absolute atomic E-state index is 7.11. The lowest BCUT2D eigenvalue weighted by Gasteiger charge is -2.19. The topological polar surface area (TPSA) is 58.0 Å². The van der Waals surface area contributed by atoms with Crippen LogP contribution in [0.25, 0.3) is 15.9 Å². The summed E-state index contributed by atoms with van der Waals surface area (Å²) in [6, 6.07) is 9.72. The van der Waals surface area contributed by atoms with Gasteiger partial charge in [-0.15, -0.1) is 0 Å². The predicted octanol–water partition coefficient (Wildman–Crippen LogP) is 4.02. The number of hydrogen-bond donors (Lipinski definition) is 2. The predicted molar refractivity (Wildman–Crippen MR) is 90.9 cm³/mol. The molecule has 0 bridgehead atoms. The van der Waals surface area contributed by atoms with E-state index in [4.69, 9.17) is 11.6 Å². The fraction of sp³-hybridized carbons (Fsp3) is 0.278. The highest BCUT2D eigenvalue weighted by atomic mass is 14.9. The Hall–Kier alpha value is -2.87. The molecule has 1 aliphatic rings. The largest absolute Gasteiger partial charge is 0.384 e. The average molecular weight is 303 g/mol. The van der Waals surface area contributed by atoms with Crippen molar-refractivity contribution in [3.8, 4) is 0 Å². The van der Waals surface area contributed by atoms with Crippen LogP contribution in [0.1, 0.15) is 36.5 Å². The summed E-state index contributed by atoms with van der Waals surface area (Å²) in [4.78, 5) is 16.3. The number of pyridine rings is 1. The summed E-state index contributed by atoms with van der Waals surface area (Å²) < 4.78 is 0. The van der Waals surface area contributed by atoms with Crippen LogP contribution >= 0.6 is 0 Å². The van der Waals surface area contributed by atoms with E-state index < -0.39 is 0 Å². The third-order valence-electron chi connectivity index (χ3n) is 4.37. The SMILES string of the molecule is [C-]#[N+]c1ccc2nc(C(C)c3ccc4c(n3)CCCN4)[nH]c2c1. The van der Waals surface area contributed by atoms with E-state index in [1.54, 1.807) is 6.07 Å². The number of H-pyrrole nitrogens is 1. The highest BCUT2D eigenvalue weighted by Gasteiger charge is 2.17. The Morgan fingerprint density at radius 2 is 2.13 bits per heavy atom.